The van der Waals surface area contributed by atoms with E-state index in [1.165, 1.54) is 0 Å². The number of rotatable bonds is 5. The van der Waals surface area contributed by atoms with E-state index >= 15 is 0 Å². The number of carboxylic acid groups (broad SMARTS) is 1. The van der Waals surface area contributed by atoms with Crippen LogP contribution in [-0.2, 0) is 20.8 Å². The van der Waals surface area contributed by atoms with Crippen LogP contribution >= 0.6 is 0 Å². The van der Waals surface area contributed by atoms with Crippen LogP contribution in [-0.4, -0.2) is 47.0 Å². The number of anilines is 1. The number of aliphatic carboxylic acids is 1. The second-order valence-corrected chi connectivity index (χ2v) is 4.99. The number of fused-ring (bicyclic) bond motifs is 1. The van der Waals surface area contributed by atoms with Crippen molar-refractivity contribution in [2.45, 2.75) is 6.42 Å². The third-order valence-corrected chi connectivity index (χ3v) is 3.02. The summed E-state index contributed by atoms with van der Waals surface area (Å²) in [6, 6.07) is 4.99. The maximum atomic E-state index is 11.6. The van der Waals surface area contributed by atoms with E-state index in [1.807, 2.05) is 0 Å². The molecule has 125 valence electrons. The number of hydrogen-bond acceptors (Lipinski definition) is 5. The molecule has 2 amide bonds. The van der Waals surface area contributed by atoms with Crippen LogP contribution in [0.15, 0.2) is 47.5 Å². The van der Waals surface area contributed by atoms with Crippen LogP contribution in [0.4, 0.5) is 11.4 Å². The fraction of sp³-hybridized carbons (Fsp3) is 0.0625. The zero-order valence-electron chi connectivity index (χ0n) is 12.9. The molecule has 0 saturated carbocycles. The van der Waals surface area contributed by atoms with Gasteiger partial charge in [-0.3, -0.25) is 4.79 Å². The Morgan fingerprint density at radius 1 is 1.04 bits per heavy atom. The number of amidine groups is 1. The normalized spacial score (nSPS) is 12.7. The zero-order valence-corrected chi connectivity index (χ0v) is 12.9. The Morgan fingerprint density at radius 3 is 2.40 bits per heavy atom. The Kier molecular flexibility index (Phi) is 5.62. The van der Waals surface area contributed by atoms with Crippen LogP contribution in [0.2, 0.25) is 0 Å². The number of carboxylic acids is 1. The van der Waals surface area contributed by atoms with Gasteiger partial charge < -0.3 is 5.11 Å². The van der Waals surface area contributed by atoms with Gasteiger partial charge in [0.2, 0.25) is 0 Å². The molecule has 4 N–H and O–H groups in total. The predicted molar refractivity (Wildman–Crippen MR) is 92.6 cm³/mol. The number of hydrogen-bond donors (Lipinski definition) is 4. The Hall–Kier alpha value is -3.49. The number of aliphatic imine (C=N–C) groups is 1. The van der Waals surface area contributed by atoms with E-state index in [1.54, 1.807) is 18.2 Å². The number of nitrogens with one attached hydrogen (secondary N) is 2. The molecule has 1 heterocycles. The minimum absolute atomic E-state index is 0.403. The van der Waals surface area contributed by atoms with Gasteiger partial charge in [0.15, 0.2) is 0 Å². The number of carbonyl (C=O) groups is 3. The molecule has 0 atom stereocenters. The molecule has 0 saturated heterocycles. The van der Waals surface area contributed by atoms with Crippen molar-refractivity contribution in [3.63, 3.8) is 0 Å². The first-order chi connectivity index (χ1) is 11.8. The molecule has 0 bridgehead atoms. The Morgan fingerprint density at radius 2 is 1.72 bits per heavy atom. The maximum absolute atomic E-state index is 11.6. The molecule has 0 aromatic heterocycles. The molecule has 1 aromatic rings. The molecular weight excluding hydrogens is 325 g/mol. The first-order valence-corrected chi connectivity index (χ1v) is 7.06. The van der Waals surface area contributed by atoms with Crippen LogP contribution in [0.1, 0.15) is 5.56 Å². The van der Waals surface area contributed by atoms with Gasteiger partial charge in [0.25, 0.3) is 0 Å². The monoisotopic (exact) mass is 338 g/mol. The van der Waals surface area contributed by atoms with E-state index in [2.05, 4.69) is 15.6 Å². The zero-order chi connectivity index (χ0) is 18.4. The quantitative estimate of drug-likeness (QED) is 0.450. The summed E-state index contributed by atoms with van der Waals surface area (Å²) in [5.41, 5.74) is 1.39. The van der Waals surface area contributed by atoms with E-state index in [9.17, 15) is 14.4 Å². The number of aliphatic hydroxyl groups is 1. The van der Waals surface area contributed by atoms with Gasteiger partial charge >= 0.3 is 116 Å². The van der Waals surface area contributed by atoms with E-state index in [0.29, 0.717) is 23.6 Å². The molecular formula is C16H13BN3O5. The number of benzene rings is 1. The second-order valence-electron chi connectivity index (χ2n) is 4.99. The van der Waals surface area contributed by atoms with Crippen LogP contribution in [0.25, 0.3) is 0 Å². The van der Waals surface area contributed by atoms with Gasteiger partial charge in [-0.25, -0.2) is 4.79 Å². The molecule has 9 heteroatoms. The summed E-state index contributed by atoms with van der Waals surface area (Å²) in [7, 11) is 5.02. The molecule has 8 nitrogen and oxygen atoms in total. The van der Waals surface area contributed by atoms with Gasteiger partial charge in [-0.1, -0.05) is 0 Å². The first-order valence-electron chi connectivity index (χ1n) is 7.06. The molecule has 0 spiro atoms. The van der Waals surface area contributed by atoms with Gasteiger partial charge in [0, 0.05) is 12.2 Å². The third-order valence-electron chi connectivity index (χ3n) is 3.02. The van der Waals surface area contributed by atoms with Gasteiger partial charge in [-0.15, -0.1) is 0 Å². The number of amides is 2. The molecule has 0 aliphatic carbocycles. The fourth-order valence-electron chi connectivity index (χ4n) is 2.01. The van der Waals surface area contributed by atoms with Crippen LogP contribution in [0.5, 0.6) is 0 Å². The van der Waals surface area contributed by atoms with Crippen molar-refractivity contribution in [2.75, 3.05) is 5.32 Å². The Bertz CT molecular complexity index is 842. The van der Waals surface area contributed by atoms with Crippen molar-refractivity contribution >= 4 is 48.1 Å². The van der Waals surface area contributed by atoms with Crippen LogP contribution in [0, 0.1) is 0 Å². The fourth-order valence-corrected chi connectivity index (χ4v) is 2.01. The van der Waals surface area contributed by atoms with Crippen LogP contribution < -0.4 is 10.6 Å². The van der Waals surface area contributed by atoms with E-state index < -0.39 is 23.4 Å². The topological polar surface area (TPSA) is 128 Å². The molecule has 1 aliphatic heterocycles. The average Bonchev–Trinajstić information content (AvgIpc) is 2.92. The van der Waals surface area contributed by atoms with E-state index in [-0.39, 0.29) is 0 Å². The average molecular weight is 338 g/mol. The standard InChI is InChI=1S/C16H13BN3O5/c17-12(21)3-4-15(23)20-13-7-9-1-2-10(8-11(9)19-13)18-14(22)5-6-16(24)25/h1-6,8,21H,7H2,(H,18,22)(H,24,25)(H,19,20,23)/b4-3-,6-5-. The molecule has 1 aromatic carbocycles. The van der Waals surface area contributed by atoms with Crippen molar-refractivity contribution in [3.05, 3.63) is 48.1 Å². The van der Waals surface area contributed by atoms with Gasteiger partial charge in [-0.2, -0.15) is 0 Å². The van der Waals surface area contributed by atoms with Crippen molar-refractivity contribution in [1.82, 2.24) is 5.32 Å². The molecule has 25 heavy (non-hydrogen) atoms. The molecule has 1 radical (unpaired) electrons. The number of carbonyl (C=O) groups excluding carboxylic acids is 2. The van der Waals surface area contributed by atoms with Gasteiger partial charge in [0.05, 0.1) is 0 Å². The third kappa shape index (κ3) is 5.58. The van der Waals surface area contributed by atoms with Crippen molar-refractivity contribution < 1.29 is 24.6 Å². The van der Waals surface area contributed by atoms with Crippen LogP contribution in [0.3, 0.4) is 0 Å². The van der Waals surface area contributed by atoms with Gasteiger partial charge in [0.1, 0.15) is 0 Å². The summed E-state index contributed by atoms with van der Waals surface area (Å²) in [6.07, 6.45) is 4.16. The molecule has 1 aliphatic rings. The number of nitrogens with zero attached hydrogens (tertiary/aromatic N) is 1. The summed E-state index contributed by atoms with van der Waals surface area (Å²) < 4.78 is 0. The summed E-state index contributed by atoms with van der Waals surface area (Å²) in [4.78, 5) is 37.8. The van der Waals surface area contributed by atoms with Crippen molar-refractivity contribution in [1.29, 1.82) is 0 Å². The Labute approximate surface area is 143 Å². The summed E-state index contributed by atoms with van der Waals surface area (Å²) in [6.45, 7) is 0. The summed E-state index contributed by atoms with van der Waals surface area (Å²) in [5.74, 6) is -1.88. The summed E-state index contributed by atoms with van der Waals surface area (Å²) in [5, 5.41) is 22.3. The van der Waals surface area contributed by atoms with Crippen molar-refractivity contribution in [3.8, 4) is 0 Å². The molecule has 2 rings (SSSR count). The SMILES string of the molecule is [B]=C(O)/C=C\C(=O)NC1=Nc2cc(NC(=O)/C=C\C(=O)O)ccc2C1. The minimum atomic E-state index is -1.22. The first kappa shape index (κ1) is 17.9. The molecule has 0 unspecified atom stereocenters. The molecule has 0 fully saturated rings. The predicted octanol–water partition coefficient (Wildman–Crippen LogP) is 0.195. The van der Waals surface area contributed by atoms with E-state index in [0.717, 1.165) is 29.9 Å². The Balaban J connectivity index is 2.03. The number of aliphatic hydroxyl groups excluding tert-OH is 1. The van der Waals surface area contributed by atoms with E-state index in [4.69, 9.17) is 17.7 Å². The second kappa shape index (κ2) is 7.87. The summed E-state index contributed by atoms with van der Waals surface area (Å²) >= 11 is 0. The van der Waals surface area contributed by atoms with Gasteiger partial charge in [-0.05, 0) is 0 Å². The van der Waals surface area contributed by atoms with Crippen molar-refractivity contribution in [2.24, 2.45) is 4.99 Å².